The van der Waals surface area contributed by atoms with Crippen LogP contribution < -0.4 is 15.6 Å². The molecule has 1 aliphatic carbocycles. The van der Waals surface area contributed by atoms with Gasteiger partial charge in [-0.15, -0.1) is 0 Å². The van der Waals surface area contributed by atoms with E-state index >= 15 is 0 Å². The number of anilines is 2. The Morgan fingerprint density at radius 2 is 1.97 bits per heavy atom. The highest BCUT2D eigenvalue weighted by molar-refractivity contribution is 6.29. The van der Waals surface area contributed by atoms with Gasteiger partial charge >= 0.3 is 5.56 Å². The van der Waals surface area contributed by atoms with E-state index in [9.17, 15) is 4.79 Å². The number of nitrogens with zero attached hydrogens (tertiary/aromatic N) is 5. The molecule has 0 saturated carbocycles. The Morgan fingerprint density at radius 3 is 2.66 bits per heavy atom. The van der Waals surface area contributed by atoms with E-state index in [0.717, 1.165) is 23.4 Å². The molecule has 0 unspecified atom stereocenters. The zero-order valence-electron chi connectivity index (χ0n) is 18.8. The molecule has 0 fully saturated rings. The molecule has 5 rings (SSSR count). The SMILES string of the molecule is Cc1coc(-c2nn(CC3=CC=C(Cl)CC3)c(Nc3ccc(Oc4ccccn4)cc3)nc2=O)n1. The molecule has 4 aromatic rings. The van der Waals surface area contributed by atoms with Gasteiger partial charge in [-0.1, -0.05) is 23.7 Å². The summed E-state index contributed by atoms with van der Waals surface area (Å²) in [6, 6.07) is 12.7. The van der Waals surface area contributed by atoms with Gasteiger partial charge in [0.1, 0.15) is 12.0 Å². The van der Waals surface area contributed by atoms with E-state index in [1.54, 1.807) is 36.0 Å². The Bertz CT molecular complexity index is 1460. The molecule has 0 radical (unpaired) electrons. The lowest BCUT2D eigenvalue weighted by atomic mass is 10.1. The Labute approximate surface area is 205 Å². The number of aromatic nitrogens is 5. The Balaban J connectivity index is 1.44. The van der Waals surface area contributed by atoms with Crippen molar-refractivity contribution in [3.8, 4) is 23.2 Å². The Kier molecular flexibility index (Phi) is 6.40. The smallest absolute Gasteiger partial charge is 0.306 e. The van der Waals surface area contributed by atoms with Crippen LogP contribution in [0.25, 0.3) is 11.6 Å². The molecule has 0 bridgehead atoms. The van der Waals surface area contributed by atoms with Crippen molar-refractivity contribution < 1.29 is 9.15 Å². The molecular weight excluding hydrogens is 468 g/mol. The first-order chi connectivity index (χ1) is 17.0. The number of hydrogen-bond acceptors (Lipinski definition) is 8. The molecule has 0 atom stereocenters. The number of pyridine rings is 1. The van der Waals surface area contributed by atoms with Crippen LogP contribution in [0.15, 0.2) is 86.9 Å². The van der Waals surface area contributed by atoms with Crippen LogP contribution >= 0.6 is 11.6 Å². The van der Waals surface area contributed by atoms with Crippen molar-refractivity contribution in [1.29, 1.82) is 0 Å². The molecule has 0 saturated heterocycles. The summed E-state index contributed by atoms with van der Waals surface area (Å²) in [5.41, 5.74) is 1.97. The first kappa shape index (κ1) is 22.5. The third kappa shape index (κ3) is 5.47. The maximum atomic E-state index is 12.8. The van der Waals surface area contributed by atoms with Gasteiger partial charge in [0, 0.05) is 23.0 Å². The first-order valence-electron chi connectivity index (χ1n) is 11.0. The molecule has 10 heteroatoms. The molecule has 3 aromatic heterocycles. The third-order valence-corrected chi connectivity index (χ3v) is 5.52. The van der Waals surface area contributed by atoms with Crippen LogP contribution in [0.3, 0.4) is 0 Å². The molecule has 1 aromatic carbocycles. The van der Waals surface area contributed by atoms with Crippen LogP contribution in [0.1, 0.15) is 18.5 Å². The van der Waals surface area contributed by atoms with Gasteiger partial charge in [0.25, 0.3) is 5.89 Å². The molecule has 35 heavy (non-hydrogen) atoms. The number of nitrogens with one attached hydrogen (secondary N) is 1. The number of hydrogen-bond donors (Lipinski definition) is 1. The van der Waals surface area contributed by atoms with Gasteiger partial charge in [-0.05, 0) is 61.7 Å². The average molecular weight is 489 g/mol. The summed E-state index contributed by atoms with van der Waals surface area (Å²) in [5, 5.41) is 8.53. The van der Waals surface area contributed by atoms with E-state index in [-0.39, 0.29) is 11.6 Å². The molecule has 1 aliphatic rings. The van der Waals surface area contributed by atoms with Crippen LogP contribution in [-0.4, -0.2) is 24.7 Å². The van der Waals surface area contributed by atoms with Gasteiger partial charge in [-0.25, -0.2) is 14.6 Å². The third-order valence-electron chi connectivity index (χ3n) is 5.21. The summed E-state index contributed by atoms with van der Waals surface area (Å²) < 4.78 is 12.8. The van der Waals surface area contributed by atoms with Crippen LogP contribution in [0.4, 0.5) is 11.6 Å². The number of benzene rings is 1. The second kappa shape index (κ2) is 9.94. The maximum Gasteiger partial charge on any atom is 0.306 e. The first-order valence-corrected chi connectivity index (χ1v) is 11.3. The van der Waals surface area contributed by atoms with Crippen molar-refractivity contribution in [3.05, 3.63) is 93.7 Å². The number of oxazole rings is 1. The molecule has 1 N–H and O–H groups in total. The van der Waals surface area contributed by atoms with E-state index in [0.29, 0.717) is 35.5 Å². The fourth-order valence-corrected chi connectivity index (χ4v) is 3.62. The Hall–Kier alpha value is -4.24. The van der Waals surface area contributed by atoms with Crippen molar-refractivity contribution >= 4 is 23.2 Å². The highest BCUT2D eigenvalue weighted by Gasteiger charge is 2.18. The van der Waals surface area contributed by atoms with Gasteiger partial charge < -0.3 is 14.5 Å². The second-order valence-corrected chi connectivity index (χ2v) is 8.38. The topological polar surface area (TPSA) is 108 Å². The number of rotatable bonds is 7. The van der Waals surface area contributed by atoms with Crippen LogP contribution in [0.5, 0.6) is 11.6 Å². The number of aryl methyl sites for hydroxylation is 1. The van der Waals surface area contributed by atoms with E-state index in [1.807, 2.05) is 36.4 Å². The molecule has 176 valence electrons. The molecule has 0 amide bonds. The quantitative estimate of drug-likeness (QED) is 0.369. The molecule has 0 spiro atoms. The minimum absolute atomic E-state index is 0.0488. The summed E-state index contributed by atoms with van der Waals surface area (Å²) in [6.07, 6.45) is 8.52. The zero-order valence-corrected chi connectivity index (χ0v) is 19.6. The molecule has 9 nitrogen and oxygen atoms in total. The van der Waals surface area contributed by atoms with E-state index in [4.69, 9.17) is 20.8 Å². The summed E-state index contributed by atoms with van der Waals surface area (Å²) in [6.45, 7) is 2.20. The largest absolute Gasteiger partial charge is 0.443 e. The van der Waals surface area contributed by atoms with Crippen molar-refractivity contribution in [2.45, 2.75) is 26.3 Å². The summed E-state index contributed by atoms with van der Waals surface area (Å²) >= 11 is 6.11. The summed E-state index contributed by atoms with van der Waals surface area (Å²) in [7, 11) is 0. The van der Waals surface area contributed by atoms with Gasteiger partial charge in [0.2, 0.25) is 17.5 Å². The van der Waals surface area contributed by atoms with E-state index < -0.39 is 5.56 Å². The normalized spacial score (nSPS) is 13.2. The minimum Gasteiger partial charge on any atom is -0.443 e. The second-order valence-electron chi connectivity index (χ2n) is 7.90. The zero-order chi connectivity index (χ0) is 24.2. The van der Waals surface area contributed by atoms with Crippen molar-refractivity contribution in [3.63, 3.8) is 0 Å². The molecular formula is C25H21ClN6O3. The predicted molar refractivity (Wildman–Crippen MR) is 132 cm³/mol. The summed E-state index contributed by atoms with van der Waals surface area (Å²) in [5.74, 6) is 1.56. The standard InChI is InChI=1S/C25H21ClN6O3/c1-16-15-34-24(28-16)22-23(33)30-25(32(31-22)14-17-5-7-18(26)8-6-17)29-19-9-11-20(12-10-19)35-21-4-2-3-13-27-21/h2-5,7,9-13,15H,6,8,14H2,1H3,(H,29,30,33). The van der Waals surface area contributed by atoms with Crippen LogP contribution in [0, 0.1) is 6.92 Å². The van der Waals surface area contributed by atoms with Gasteiger partial charge in [0.15, 0.2) is 0 Å². The van der Waals surface area contributed by atoms with Crippen molar-refractivity contribution in [2.24, 2.45) is 0 Å². The number of ether oxygens (including phenoxy) is 1. The number of halogens is 1. The lowest BCUT2D eigenvalue weighted by molar-refractivity contribution is 0.463. The van der Waals surface area contributed by atoms with Gasteiger partial charge in [-0.3, -0.25) is 4.79 Å². The van der Waals surface area contributed by atoms with Crippen molar-refractivity contribution in [1.82, 2.24) is 24.7 Å². The average Bonchev–Trinajstić information content (AvgIpc) is 3.30. The van der Waals surface area contributed by atoms with Crippen LogP contribution in [0.2, 0.25) is 0 Å². The van der Waals surface area contributed by atoms with Crippen molar-refractivity contribution in [2.75, 3.05) is 5.32 Å². The van der Waals surface area contributed by atoms with Crippen LogP contribution in [-0.2, 0) is 6.54 Å². The predicted octanol–water partition coefficient (Wildman–Crippen LogP) is 5.38. The van der Waals surface area contributed by atoms with E-state index in [2.05, 4.69) is 25.4 Å². The Morgan fingerprint density at radius 1 is 1.11 bits per heavy atom. The lowest BCUT2D eigenvalue weighted by Crippen LogP contribution is -2.23. The monoisotopic (exact) mass is 488 g/mol. The summed E-state index contributed by atoms with van der Waals surface area (Å²) in [4.78, 5) is 25.4. The molecule has 3 heterocycles. The van der Waals surface area contributed by atoms with E-state index in [1.165, 1.54) is 6.26 Å². The van der Waals surface area contributed by atoms with Gasteiger partial charge in [0.05, 0.1) is 12.2 Å². The fourth-order valence-electron chi connectivity index (χ4n) is 3.46. The fraction of sp³-hybridized carbons (Fsp3) is 0.160. The number of allylic oxidation sites excluding steroid dienone is 4. The highest BCUT2D eigenvalue weighted by atomic mass is 35.5. The minimum atomic E-state index is -0.540. The lowest BCUT2D eigenvalue weighted by Gasteiger charge is -2.17. The van der Waals surface area contributed by atoms with Gasteiger partial charge in [-0.2, -0.15) is 10.1 Å². The molecule has 0 aliphatic heterocycles. The highest BCUT2D eigenvalue weighted by Crippen LogP contribution is 2.25. The maximum absolute atomic E-state index is 12.8.